The molecule has 0 amide bonds. The zero-order valence-corrected chi connectivity index (χ0v) is 9.82. The first-order valence-corrected chi connectivity index (χ1v) is 5.27. The van der Waals surface area contributed by atoms with Crippen LogP contribution in [0.1, 0.15) is 18.1 Å². The van der Waals surface area contributed by atoms with Gasteiger partial charge in [0.15, 0.2) is 5.72 Å². The van der Waals surface area contributed by atoms with Crippen LogP contribution in [0.3, 0.4) is 0 Å². The summed E-state index contributed by atoms with van der Waals surface area (Å²) in [5.74, 6) is 0. The number of alkyl halides is 3. The number of nitriles is 1. The third kappa shape index (κ3) is 2.78. The van der Waals surface area contributed by atoms with Crippen LogP contribution in [-0.4, -0.2) is 22.7 Å². The maximum atomic E-state index is 12.7. The normalized spacial score (nSPS) is 22.2. The Bertz CT molecular complexity index is 535. The lowest BCUT2D eigenvalue weighted by molar-refractivity contribution is -0.143. The van der Waals surface area contributed by atoms with Gasteiger partial charge < -0.3 is 4.74 Å². The van der Waals surface area contributed by atoms with Gasteiger partial charge in [-0.2, -0.15) is 18.4 Å². The van der Waals surface area contributed by atoms with Gasteiger partial charge in [0.2, 0.25) is 0 Å². The molecule has 0 aliphatic carbocycles. The summed E-state index contributed by atoms with van der Waals surface area (Å²) in [6, 6.07) is 4.54. The van der Waals surface area contributed by atoms with Crippen molar-refractivity contribution in [2.45, 2.75) is 18.8 Å². The Kier molecular flexibility index (Phi) is 3.14. The van der Waals surface area contributed by atoms with Gasteiger partial charge in [-0.25, -0.2) is 0 Å². The minimum atomic E-state index is -4.64. The van der Waals surface area contributed by atoms with Gasteiger partial charge in [0.1, 0.15) is 0 Å². The predicted molar refractivity (Wildman–Crippen MR) is 57.8 cm³/mol. The highest BCUT2D eigenvalue weighted by Crippen LogP contribution is 2.34. The van der Waals surface area contributed by atoms with Crippen molar-refractivity contribution in [3.8, 4) is 6.07 Å². The minimum absolute atomic E-state index is 0.00514. The standard InChI is InChI=1S/C11H10F3N3O2/c1-10(6-19-10)17(18)16-8-3-2-7(5-15)9(4-8)11(12,13)14/h2-4,16,18H,6H2,1H3. The van der Waals surface area contributed by atoms with E-state index in [2.05, 4.69) is 5.43 Å². The van der Waals surface area contributed by atoms with Crippen molar-refractivity contribution in [2.24, 2.45) is 0 Å². The number of epoxide rings is 1. The number of ether oxygens (including phenoxy) is 1. The van der Waals surface area contributed by atoms with Crippen LogP contribution in [-0.2, 0) is 10.9 Å². The van der Waals surface area contributed by atoms with E-state index in [1.807, 2.05) is 0 Å². The largest absolute Gasteiger partial charge is 0.417 e. The molecule has 1 unspecified atom stereocenters. The molecule has 19 heavy (non-hydrogen) atoms. The molecule has 2 N–H and O–H groups in total. The van der Waals surface area contributed by atoms with E-state index in [0.29, 0.717) is 5.17 Å². The van der Waals surface area contributed by atoms with E-state index < -0.39 is 23.0 Å². The molecule has 0 bridgehead atoms. The van der Waals surface area contributed by atoms with E-state index in [9.17, 15) is 18.4 Å². The molecule has 2 rings (SSSR count). The van der Waals surface area contributed by atoms with Gasteiger partial charge in [0.25, 0.3) is 0 Å². The van der Waals surface area contributed by atoms with Crippen LogP contribution < -0.4 is 5.43 Å². The van der Waals surface area contributed by atoms with Crippen LogP contribution in [0, 0.1) is 11.3 Å². The van der Waals surface area contributed by atoms with E-state index in [-0.39, 0.29) is 12.3 Å². The molecule has 8 heteroatoms. The molecule has 102 valence electrons. The zero-order chi connectivity index (χ0) is 14.3. The van der Waals surface area contributed by atoms with Crippen LogP contribution >= 0.6 is 0 Å². The van der Waals surface area contributed by atoms with Crippen molar-refractivity contribution < 1.29 is 23.1 Å². The second kappa shape index (κ2) is 4.38. The molecular formula is C11H10F3N3O2. The number of nitrogens with one attached hydrogen (secondary N) is 1. The van der Waals surface area contributed by atoms with Crippen LogP contribution in [0.4, 0.5) is 18.9 Å². The number of hydrazine groups is 1. The van der Waals surface area contributed by atoms with Crippen molar-refractivity contribution >= 4 is 5.69 Å². The number of hydrogen-bond acceptors (Lipinski definition) is 5. The van der Waals surface area contributed by atoms with E-state index >= 15 is 0 Å². The summed E-state index contributed by atoms with van der Waals surface area (Å²) in [5, 5.41) is 18.8. The Hall–Kier alpha value is -1.82. The minimum Gasteiger partial charge on any atom is -0.349 e. The topological polar surface area (TPSA) is 71.8 Å². The molecule has 0 aromatic heterocycles. The summed E-state index contributed by atoms with van der Waals surface area (Å²) in [4.78, 5) is 0. The average molecular weight is 273 g/mol. The lowest BCUT2D eigenvalue weighted by Gasteiger charge is -2.21. The van der Waals surface area contributed by atoms with Crippen molar-refractivity contribution in [2.75, 3.05) is 12.0 Å². The monoisotopic (exact) mass is 273 g/mol. The Morgan fingerprint density at radius 2 is 2.16 bits per heavy atom. The second-order valence-electron chi connectivity index (χ2n) is 4.26. The smallest absolute Gasteiger partial charge is 0.349 e. The Morgan fingerprint density at radius 1 is 1.53 bits per heavy atom. The predicted octanol–water partition coefficient (Wildman–Crippen LogP) is 2.34. The van der Waals surface area contributed by atoms with Gasteiger partial charge >= 0.3 is 6.18 Å². The molecule has 0 saturated carbocycles. The molecule has 1 aromatic rings. The molecule has 1 atom stereocenters. The maximum Gasteiger partial charge on any atom is 0.417 e. The SMILES string of the molecule is CC1(N(O)Nc2ccc(C#N)c(C(F)(F)F)c2)CO1. The van der Waals surface area contributed by atoms with Gasteiger partial charge in [-0.05, 0) is 25.1 Å². The Labute approximate surface area is 106 Å². The number of hydrogen-bond donors (Lipinski definition) is 2. The van der Waals surface area contributed by atoms with Crippen LogP contribution in [0.2, 0.25) is 0 Å². The Balaban J connectivity index is 2.26. The highest BCUT2D eigenvalue weighted by atomic mass is 19.4. The summed E-state index contributed by atoms with van der Waals surface area (Å²) in [6.45, 7) is 1.83. The van der Waals surface area contributed by atoms with Gasteiger partial charge in [0, 0.05) is 0 Å². The molecular weight excluding hydrogens is 263 g/mol. The highest BCUT2D eigenvalue weighted by Gasteiger charge is 2.46. The third-order valence-electron chi connectivity index (χ3n) is 2.69. The van der Waals surface area contributed by atoms with Crippen LogP contribution in [0.5, 0.6) is 0 Å². The second-order valence-corrected chi connectivity index (χ2v) is 4.26. The maximum absolute atomic E-state index is 12.7. The fourth-order valence-corrected chi connectivity index (χ4v) is 1.41. The average Bonchev–Trinajstić information content (AvgIpc) is 3.07. The number of rotatable bonds is 3. The van der Waals surface area contributed by atoms with Gasteiger partial charge in [0.05, 0.1) is 29.5 Å². The summed E-state index contributed by atoms with van der Waals surface area (Å²) in [6.07, 6.45) is -4.64. The summed E-state index contributed by atoms with van der Waals surface area (Å²) >= 11 is 0. The number of halogens is 3. The molecule has 5 nitrogen and oxygen atoms in total. The lowest BCUT2D eigenvalue weighted by atomic mass is 10.1. The first-order chi connectivity index (χ1) is 8.76. The van der Waals surface area contributed by atoms with Crippen molar-refractivity contribution in [3.05, 3.63) is 29.3 Å². The molecule has 1 aromatic carbocycles. The fraction of sp³-hybridized carbons (Fsp3) is 0.364. The molecule has 1 aliphatic heterocycles. The van der Waals surface area contributed by atoms with Gasteiger partial charge in [-0.15, -0.1) is 0 Å². The summed E-state index contributed by atoms with van der Waals surface area (Å²) in [5.41, 5.74) is -0.106. The van der Waals surface area contributed by atoms with E-state index in [1.165, 1.54) is 12.1 Å². The number of benzene rings is 1. The van der Waals surface area contributed by atoms with Gasteiger partial charge in [-0.1, -0.05) is 5.17 Å². The summed E-state index contributed by atoms with van der Waals surface area (Å²) < 4.78 is 43.1. The van der Waals surface area contributed by atoms with E-state index in [4.69, 9.17) is 10.00 Å². The van der Waals surface area contributed by atoms with Crippen molar-refractivity contribution in [1.82, 2.24) is 5.17 Å². The molecule has 0 radical (unpaired) electrons. The molecule has 0 spiro atoms. The third-order valence-corrected chi connectivity index (χ3v) is 2.69. The van der Waals surface area contributed by atoms with Crippen molar-refractivity contribution in [3.63, 3.8) is 0 Å². The fourth-order valence-electron chi connectivity index (χ4n) is 1.41. The first-order valence-electron chi connectivity index (χ1n) is 5.27. The van der Waals surface area contributed by atoms with Crippen molar-refractivity contribution in [1.29, 1.82) is 5.26 Å². The van der Waals surface area contributed by atoms with Crippen LogP contribution in [0.25, 0.3) is 0 Å². The summed E-state index contributed by atoms with van der Waals surface area (Å²) in [7, 11) is 0. The van der Waals surface area contributed by atoms with Gasteiger partial charge in [-0.3, -0.25) is 10.6 Å². The van der Waals surface area contributed by atoms with Crippen LogP contribution in [0.15, 0.2) is 18.2 Å². The Morgan fingerprint density at radius 3 is 2.63 bits per heavy atom. The lowest BCUT2D eigenvalue weighted by Crippen LogP contribution is -2.38. The highest BCUT2D eigenvalue weighted by molar-refractivity contribution is 5.52. The first kappa shape index (κ1) is 13.6. The molecule has 1 heterocycles. The number of anilines is 1. The zero-order valence-electron chi connectivity index (χ0n) is 9.82. The van der Waals surface area contributed by atoms with E-state index in [0.717, 1.165) is 12.1 Å². The quantitative estimate of drug-likeness (QED) is 0.653. The molecule has 1 aliphatic rings. The number of nitrogens with zero attached hydrogens (tertiary/aromatic N) is 2. The number of hydroxylamine groups is 1. The molecule has 1 saturated heterocycles. The van der Waals surface area contributed by atoms with E-state index in [1.54, 1.807) is 6.92 Å². The molecule has 1 fully saturated rings.